The van der Waals surface area contributed by atoms with Crippen LogP contribution >= 0.6 is 0 Å². The number of ketones is 2. The number of nitrogens with two attached hydrogens (primary N) is 2. The molecule has 0 saturated carbocycles. The maximum atomic E-state index is 14.1. The molecule has 0 bridgehead atoms. The number of aliphatic hydroxyl groups is 2. The van der Waals surface area contributed by atoms with Gasteiger partial charge in [0.25, 0.3) is 0 Å². The van der Waals surface area contributed by atoms with Crippen molar-refractivity contribution in [3.8, 4) is 11.1 Å². The molecule has 0 unspecified atom stereocenters. The fraction of sp³-hybridized carbons (Fsp3) is 0.160. The number of nitrogens with one attached hydrogen (secondary N) is 2. The Morgan fingerprint density at radius 1 is 0.500 bits per heavy atom. The normalized spacial score (nSPS) is 15.7. The lowest BCUT2D eigenvalue weighted by atomic mass is 9.76. The summed E-state index contributed by atoms with van der Waals surface area (Å²) in [7, 11) is 0. The smallest absolute Gasteiger partial charge is 0.229 e. The predicted molar refractivity (Wildman–Crippen MR) is 240 cm³/mol. The minimum atomic E-state index is -0.473. The van der Waals surface area contributed by atoms with E-state index in [1.54, 1.807) is 12.4 Å². The van der Waals surface area contributed by atoms with Gasteiger partial charge in [0.2, 0.25) is 11.6 Å². The van der Waals surface area contributed by atoms with Crippen molar-refractivity contribution in [2.24, 2.45) is 11.8 Å². The first-order valence-corrected chi connectivity index (χ1v) is 19.5. The number of aliphatic hydroxyl groups excluding tert-OH is 2. The number of carbonyl (C=O) groups excluding carboxylic acids is 2. The second-order valence-corrected chi connectivity index (χ2v) is 15.8. The zero-order valence-corrected chi connectivity index (χ0v) is 33.4. The molecule has 8 nitrogen and oxygen atoms in total. The molecule has 0 spiro atoms. The van der Waals surface area contributed by atoms with Gasteiger partial charge in [-0.3, -0.25) is 9.59 Å². The molecule has 8 heteroatoms. The number of aryl methyl sites for hydroxylation is 2. The topological polar surface area (TPSA) is 151 Å². The molecule has 290 valence electrons. The first-order chi connectivity index (χ1) is 27.8. The number of benzene rings is 6. The number of Topliss-reactive ketones (excluding diaryl/α,β-unsaturated/α-hetero) is 2. The second kappa shape index (κ2) is 14.5. The minimum Gasteiger partial charge on any atom is -0.504 e. The SMILES string of the molecule is Cc1cc2c(cc1-c1cc3c(cc1C)C(C(C)C)=C(O)C(=O)/C3=C\Nc1cccc3c(N)cccc13)/C(=C/Nc1cccc3c(N)cccc13)C(=O)C(O)=C2C(C)C. The highest BCUT2D eigenvalue weighted by atomic mass is 16.3. The maximum absolute atomic E-state index is 14.1. The number of carbonyl (C=O) groups is 2. The van der Waals surface area contributed by atoms with Gasteiger partial charge in [0.15, 0.2) is 11.5 Å². The van der Waals surface area contributed by atoms with Crippen molar-refractivity contribution in [1.29, 1.82) is 0 Å². The lowest BCUT2D eigenvalue weighted by Crippen LogP contribution is -2.19. The summed E-state index contributed by atoms with van der Waals surface area (Å²) in [5.41, 5.74) is 23.7. The first-order valence-electron chi connectivity index (χ1n) is 19.5. The van der Waals surface area contributed by atoms with Crippen molar-refractivity contribution < 1.29 is 19.8 Å². The largest absolute Gasteiger partial charge is 0.504 e. The summed E-state index contributed by atoms with van der Waals surface area (Å²) < 4.78 is 0. The molecule has 8 rings (SSSR count). The maximum Gasteiger partial charge on any atom is 0.229 e. The number of allylic oxidation sites excluding steroid dienone is 4. The number of hydrogen-bond acceptors (Lipinski definition) is 8. The number of anilines is 4. The molecule has 8 N–H and O–H groups in total. The van der Waals surface area contributed by atoms with Crippen molar-refractivity contribution in [1.82, 2.24) is 0 Å². The molecule has 0 radical (unpaired) electrons. The molecule has 2 aliphatic rings. The Labute approximate surface area is 337 Å². The van der Waals surface area contributed by atoms with E-state index in [2.05, 4.69) is 10.6 Å². The molecule has 0 atom stereocenters. The van der Waals surface area contributed by atoms with Crippen molar-refractivity contribution in [3.63, 3.8) is 0 Å². The summed E-state index contributed by atoms with van der Waals surface area (Å²) in [6.07, 6.45) is 3.33. The number of hydrogen-bond donors (Lipinski definition) is 6. The average molecular weight is 767 g/mol. The highest BCUT2D eigenvalue weighted by molar-refractivity contribution is 6.34. The molecule has 2 aliphatic carbocycles. The Morgan fingerprint density at radius 3 is 1.24 bits per heavy atom. The second-order valence-electron chi connectivity index (χ2n) is 15.8. The quantitative estimate of drug-likeness (QED) is 0.0694. The van der Waals surface area contributed by atoms with Crippen LogP contribution in [-0.2, 0) is 9.59 Å². The van der Waals surface area contributed by atoms with Crippen LogP contribution in [0.1, 0.15) is 61.1 Å². The van der Waals surface area contributed by atoms with E-state index in [1.807, 2.05) is 139 Å². The van der Waals surface area contributed by atoms with E-state index in [9.17, 15) is 19.8 Å². The van der Waals surface area contributed by atoms with Crippen LogP contribution in [0, 0.1) is 25.7 Å². The van der Waals surface area contributed by atoms with Gasteiger partial charge in [-0.1, -0.05) is 88.4 Å². The summed E-state index contributed by atoms with van der Waals surface area (Å²) in [6.45, 7) is 11.9. The third-order valence-electron chi connectivity index (χ3n) is 11.4. The Morgan fingerprint density at radius 2 is 0.862 bits per heavy atom. The summed E-state index contributed by atoms with van der Waals surface area (Å²) in [5, 5.41) is 33.1. The summed E-state index contributed by atoms with van der Waals surface area (Å²) >= 11 is 0. The number of rotatable bonds is 7. The van der Waals surface area contributed by atoms with E-state index in [0.29, 0.717) is 44.8 Å². The molecule has 6 aromatic rings. The van der Waals surface area contributed by atoms with E-state index in [1.165, 1.54) is 0 Å². The molecular formula is C50H46N4O4. The Bertz CT molecular complexity index is 2700. The molecule has 58 heavy (non-hydrogen) atoms. The van der Waals surface area contributed by atoms with Gasteiger partial charge >= 0.3 is 0 Å². The third kappa shape index (κ3) is 6.18. The van der Waals surface area contributed by atoms with Crippen molar-refractivity contribution in [2.45, 2.75) is 41.5 Å². The lowest BCUT2D eigenvalue weighted by Gasteiger charge is -2.28. The van der Waals surface area contributed by atoms with Crippen LogP contribution < -0.4 is 22.1 Å². The van der Waals surface area contributed by atoms with Gasteiger partial charge in [-0.05, 0) is 107 Å². The first kappa shape index (κ1) is 37.8. The van der Waals surface area contributed by atoms with E-state index < -0.39 is 11.6 Å². The number of fused-ring (bicyclic) bond motifs is 4. The van der Waals surface area contributed by atoms with Gasteiger partial charge in [-0.15, -0.1) is 0 Å². The molecule has 0 saturated heterocycles. The average Bonchev–Trinajstić information content (AvgIpc) is 3.18. The summed E-state index contributed by atoms with van der Waals surface area (Å²) in [5.74, 6) is -1.74. The van der Waals surface area contributed by atoms with E-state index in [-0.39, 0.29) is 23.4 Å². The van der Waals surface area contributed by atoms with Gasteiger partial charge in [0, 0.05) is 79.0 Å². The highest BCUT2D eigenvalue weighted by Crippen LogP contribution is 2.46. The van der Waals surface area contributed by atoms with E-state index in [4.69, 9.17) is 11.5 Å². The van der Waals surface area contributed by atoms with Gasteiger partial charge in [-0.25, -0.2) is 0 Å². The summed E-state index contributed by atoms with van der Waals surface area (Å²) in [4.78, 5) is 28.2. The third-order valence-corrected chi connectivity index (χ3v) is 11.4. The van der Waals surface area contributed by atoms with Gasteiger partial charge in [-0.2, -0.15) is 0 Å². The van der Waals surface area contributed by atoms with Crippen LogP contribution in [0.2, 0.25) is 0 Å². The van der Waals surface area contributed by atoms with Crippen LogP contribution in [0.15, 0.2) is 121 Å². The van der Waals surface area contributed by atoms with Crippen molar-refractivity contribution >= 4 is 78.2 Å². The fourth-order valence-electron chi connectivity index (χ4n) is 8.56. The Kier molecular flexibility index (Phi) is 9.44. The molecule has 0 aliphatic heterocycles. The molecular weight excluding hydrogens is 721 g/mol. The fourth-order valence-corrected chi connectivity index (χ4v) is 8.56. The minimum absolute atomic E-state index is 0.132. The highest BCUT2D eigenvalue weighted by Gasteiger charge is 2.34. The van der Waals surface area contributed by atoms with Crippen LogP contribution in [0.4, 0.5) is 22.7 Å². The van der Waals surface area contributed by atoms with Crippen molar-refractivity contribution in [3.05, 3.63) is 154 Å². The monoisotopic (exact) mass is 766 g/mol. The van der Waals surface area contributed by atoms with Crippen LogP contribution in [-0.4, -0.2) is 21.8 Å². The zero-order chi connectivity index (χ0) is 41.2. The van der Waals surface area contributed by atoms with Gasteiger partial charge in [0.1, 0.15) is 0 Å². The van der Waals surface area contributed by atoms with Crippen LogP contribution in [0.3, 0.4) is 0 Å². The lowest BCUT2D eigenvalue weighted by molar-refractivity contribution is -0.113. The van der Waals surface area contributed by atoms with Gasteiger partial charge < -0.3 is 32.3 Å². The van der Waals surface area contributed by atoms with E-state index in [0.717, 1.165) is 66.3 Å². The number of nitrogen functional groups attached to an aromatic ring is 2. The Hall–Kier alpha value is -7.06. The summed E-state index contributed by atoms with van der Waals surface area (Å²) in [6, 6.07) is 31.1. The van der Waals surface area contributed by atoms with Crippen LogP contribution in [0.5, 0.6) is 0 Å². The van der Waals surface area contributed by atoms with E-state index >= 15 is 0 Å². The van der Waals surface area contributed by atoms with Crippen LogP contribution in [0.25, 0.3) is 55.0 Å². The predicted octanol–water partition coefficient (Wildman–Crippen LogP) is 11.4. The molecule has 0 aromatic heterocycles. The molecule has 0 fully saturated rings. The van der Waals surface area contributed by atoms with Gasteiger partial charge in [0.05, 0.1) is 0 Å². The molecule has 0 amide bonds. The molecule has 6 aromatic carbocycles. The Balaban J connectivity index is 1.30. The standard InChI is InChI=1S/C50H46N4O4/c1-25(2)45-37-19-27(5)33(21-35(37)39(47(55)49(45)57)23-53-43-17-9-11-29-31(43)13-7-15-41(29)51)34-22-36-38(20-28(34)6)46(26(3)4)50(58)48(56)40(36)24-54-44-18-10-12-30-32(44)14-8-16-42(30)52/h7-26,53-54,57-58H,51-52H2,1-6H3/b39-23-,40-24-. The molecule has 0 heterocycles. The van der Waals surface area contributed by atoms with Crippen molar-refractivity contribution in [2.75, 3.05) is 22.1 Å². The zero-order valence-electron chi connectivity index (χ0n) is 33.4.